The maximum atomic E-state index is 8.16. The van der Waals surface area contributed by atoms with Crippen LogP contribution in [0.5, 0.6) is 0 Å². The van der Waals surface area contributed by atoms with Gasteiger partial charge in [-0.1, -0.05) is 20.3 Å². The number of hydrogen-bond acceptors (Lipinski definition) is 2. The van der Waals surface area contributed by atoms with Crippen LogP contribution in [0, 0.1) is 5.92 Å². The average Bonchev–Trinajstić information content (AvgIpc) is 1.83. The number of nitrogens with one attached hydrogen (secondary N) is 1. The first kappa shape index (κ1) is 7.92. The van der Waals surface area contributed by atoms with E-state index in [4.69, 9.17) is 5.21 Å². The molecule has 0 unspecified atom stereocenters. The molecule has 0 spiro atoms. The molecule has 0 bridgehead atoms. The van der Waals surface area contributed by atoms with Crippen LogP contribution in [-0.4, -0.2) is 11.8 Å². The minimum Gasteiger partial charge on any atom is -0.317 e. The molecule has 0 aliphatic rings. The summed E-state index contributed by atoms with van der Waals surface area (Å²) in [7, 11) is 0. The van der Waals surface area contributed by atoms with Gasteiger partial charge in [-0.2, -0.15) is 0 Å². The Labute approximate surface area is 50.9 Å². The van der Waals surface area contributed by atoms with Gasteiger partial charge in [-0.3, -0.25) is 0 Å². The van der Waals surface area contributed by atoms with Crippen molar-refractivity contribution in [2.24, 2.45) is 5.92 Å². The van der Waals surface area contributed by atoms with Gasteiger partial charge in [0.1, 0.15) is 0 Å². The Morgan fingerprint density at radius 2 is 2.25 bits per heavy atom. The first-order chi connectivity index (χ1) is 3.81. The normalized spacial score (nSPS) is 13.9. The van der Waals surface area contributed by atoms with Crippen LogP contribution in [0.4, 0.5) is 0 Å². The van der Waals surface area contributed by atoms with Gasteiger partial charge in [-0.05, 0) is 12.3 Å². The van der Waals surface area contributed by atoms with Crippen LogP contribution in [0.2, 0.25) is 0 Å². The zero-order chi connectivity index (χ0) is 6.41. The predicted octanol–water partition coefficient (Wildman–Crippen LogP) is 1.40. The van der Waals surface area contributed by atoms with E-state index in [1.165, 1.54) is 6.42 Å². The van der Waals surface area contributed by atoms with Crippen molar-refractivity contribution in [3.8, 4) is 0 Å². The monoisotopic (exact) mass is 117 g/mol. The Kier molecular flexibility index (Phi) is 5.01. The van der Waals surface area contributed by atoms with Crippen LogP contribution in [0.3, 0.4) is 0 Å². The van der Waals surface area contributed by atoms with E-state index >= 15 is 0 Å². The Hall–Kier alpha value is -0.0800. The molecule has 2 N–H and O–H groups in total. The molecule has 0 aromatic rings. The van der Waals surface area contributed by atoms with Gasteiger partial charge in [-0.15, -0.1) is 0 Å². The van der Waals surface area contributed by atoms with Gasteiger partial charge < -0.3 is 5.21 Å². The van der Waals surface area contributed by atoms with Crippen molar-refractivity contribution in [1.82, 2.24) is 5.48 Å². The first-order valence-corrected chi connectivity index (χ1v) is 3.18. The molecule has 0 saturated carbocycles. The van der Waals surface area contributed by atoms with Crippen molar-refractivity contribution in [3.05, 3.63) is 0 Å². The van der Waals surface area contributed by atoms with Crippen molar-refractivity contribution < 1.29 is 5.21 Å². The second-order valence-corrected chi connectivity index (χ2v) is 2.21. The van der Waals surface area contributed by atoms with E-state index < -0.39 is 0 Å². The summed E-state index contributed by atoms with van der Waals surface area (Å²) >= 11 is 0. The average molecular weight is 117 g/mol. The van der Waals surface area contributed by atoms with E-state index in [1.54, 1.807) is 0 Å². The summed E-state index contributed by atoms with van der Waals surface area (Å²) in [6, 6.07) is 0. The van der Waals surface area contributed by atoms with Crippen LogP contribution < -0.4 is 5.48 Å². The molecule has 8 heavy (non-hydrogen) atoms. The summed E-state index contributed by atoms with van der Waals surface area (Å²) in [4.78, 5) is 0. The summed E-state index contributed by atoms with van der Waals surface area (Å²) in [5, 5.41) is 8.16. The van der Waals surface area contributed by atoms with Gasteiger partial charge in [0, 0.05) is 6.54 Å². The van der Waals surface area contributed by atoms with E-state index in [2.05, 4.69) is 19.3 Å². The summed E-state index contributed by atoms with van der Waals surface area (Å²) in [6.07, 6.45) is 2.26. The highest BCUT2D eigenvalue weighted by Crippen LogP contribution is 2.03. The highest BCUT2D eigenvalue weighted by molar-refractivity contribution is 4.48. The number of hydroxylamine groups is 1. The summed E-state index contributed by atoms with van der Waals surface area (Å²) in [5.41, 5.74) is 2.13. The van der Waals surface area contributed by atoms with Crippen molar-refractivity contribution in [2.75, 3.05) is 6.54 Å². The highest BCUT2D eigenvalue weighted by atomic mass is 16.5. The maximum Gasteiger partial charge on any atom is 0.0210 e. The summed E-state index contributed by atoms with van der Waals surface area (Å²) in [6.45, 7) is 5.05. The SMILES string of the molecule is CC[C@H](C)CCNO. The predicted molar refractivity (Wildman–Crippen MR) is 33.9 cm³/mol. The van der Waals surface area contributed by atoms with Gasteiger partial charge >= 0.3 is 0 Å². The van der Waals surface area contributed by atoms with Crippen molar-refractivity contribution in [2.45, 2.75) is 26.7 Å². The molecule has 0 amide bonds. The van der Waals surface area contributed by atoms with Gasteiger partial charge in [0.15, 0.2) is 0 Å². The van der Waals surface area contributed by atoms with E-state index in [0.29, 0.717) is 0 Å². The molecule has 2 heteroatoms. The van der Waals surface area contributed by atoms with Gasteiger partial charge in [-0.25, -0.2) is 5.48 Å². The van der Waals surface area contributed by atoms with E-state index in [-0.39, 0.29) is 0 Å². The Balaban J connectivity index is 2.86. The smallest absolute Gasteiger partial charge is 0.0210 e. The van der Waals surface area contributed by atoms with E-state index in [9.17, 15) is 0 Å². The minimum absolute atomic E-state index is 0.717. The Bertz CT molecular complexity index is 47.8. The summed E-state index contributed by atoms with van der Waals surface area (Å²) < 4.78 is 0. The van der Waals surface area contributed by atoms with Crippen LogP contribution in [0.1, 0.15) is 26.7 Å². The fourth-order valence-corrected chi connectivity index (χ4v) is 0.515. The Morgan fingerprint density at radius 1 is 1.62 bits per heavy atom. The van der Waals surface area contributed by atoms with Crippen LogP contribution >= 0.6 is 0 Å². The molecule has 0 fully saturated rings. The molecule has 0 aromatic carbocycles. The molecule has 2 nitrogen and oxygen atoms in total. The quantitative estimate of drug-likeness (QED) is 0.545. The van der Waals surface area contributed by atoms with Crippen molar-refractivity contribution in [3.63, 3.8) is 0 Å². The first-order valence-electron chi connectivity index (χ1n) is 3.18. The molecule has 0 rings (SSSR count). The highest BCUT2D eigenvalue weighted by Gasteiger charge is 1.94. The van der Waals surface area contributed by atoms with Gasteiger partial charge in [0.05, 0.1) is 0 Å². The zero-order valence-corrected chi connectivity index (χ0v) is 5.65. The molecule has 0 saturated heterocycles. The van der Waals surface area contributed by atoms with Crippen LogP contribution in [0.25, 0.3) is 0 Å². The van der Waals surface area contributed by atoms with E-state index in [1.807, 2.05) is 0 Å². The molecular weight excluding hydrogens is 102 g/mol. The fourth-order valence-electron chi connectivity index (χ4n) is 0.515. The molecule has 0 heterocycles. The second-order valence-electron chi connectivity index (χ2n) is 2.21. The van der Waals surface area contributed by atoms with Crippen molar-refractivity contribution >= 4 is 0 Å². The number of rotatable bonds is 4. The standard InChI is InChI=1S/C6H15NO/c1-3-6(2)4-5-7-8/h6-8H,3-5H2,1-2H3/t6-/m0/s1. The summed E-state index contributed by atoms with van der Waals surface area (Å²) in [5.74, 6) is 0.731. The molecule has 0 radical (unpaired) electrons. The molecule has 1 atom stereocenters. The van der Waals surface area contributed by atoms with Crippen LogP contribution in [0.15, 0.2) is 0 Å². The lowest BCUT2D eigenvalue weighted by atomic mass is 10.1. The second kappa shape index (κ2) is 5.06. The zero-order valence-electron chi connectivity index (χ0n) is 5.65. The topological polar surface area (TPSA) is 32.3 Å². The van der Waals surface area contributed by atoms with Crippen LogP contribution in [-0.2, 0) is 0 Å². The number of hydrogen-bond donors (Lipinski definition) is 2. The third-order valence-electron chi connectivity index (χ3n) is 1.45. The third kappa shape index (κ3) is 4.09. The molecule has 0 aliphatic heterocycles. The molecular formula is C6H15NO. The van der Waals surface area contributed by atoms with Gasteiger partial charge in [0.25, 0.3) is 0 Å². The fraction of sp³-hybridized carbons (Fsp3) is 1.00. The molecule has 0 aliphatic carbocycles. The maximum absolute atomic E-state index is 8.16. The third-order valence-corrected chi connectivity index (χ3v) is 1.45. The van der Waals surface area contributed by atoms with E-state index in [0.717, 1.165) is 18.9 Å². The largest absolute Gasteiger partial charge is 0.317 e. The van der Waals surface area contributed by atoms with Crippen molar-refractivity contribution in [1.29, 1.82) is 0 Å². The Morgan fingerprint density at radius 3 is 2.62 bits per heavy atom. The lowest BCUT2D eigenvalue weighted by Gasteiger charge is -2.04. The lowest BCUT2D eigenvalue weighted by Crippen LogP contribution is -2.11. The molecule has 50 valence electrons. The molecule has 0 aromatic heterocycles. The minimum atomic E-state index is 0.717. The van der Waals surface area contributed by atoms with Gasteiger partial charge in [0.2, 0.25) is 0 Å². The lowest BCUT2D eigenvalue weighted by molar-refractivity contribution is 0.160.